The van der Waals surface area contributed by atoms with Crippen LogP contribution < -0.4 is 5.32 Å². The largest absolute Gasteiger partial charge is 0.350 e. The fraction of sp³-hybridized carbons (Fsp3) is 0.400. The van der Waals surface area contributed by atoms with Crippen molar-refractivity contribution >= 4 is 17.5 Å². The molecule has 0 fully saturated rings. The first-order valence-electron chi connectivity index (χ1n) is 4.49. The summed E-state index contributed by atoms with van der Waals surface area (Å²) in [6, 6.07) is 3.26. The Balaban J connectivity index is 2.57. The highest BCUT2D eigenvalue weighted by molar-refractivity contribution is 6.30. The molecule has 1 aromatic heterocycles. The van der Waals surface area contributed by atoms with E-state index in [1.54, 1.807) is 12.1 Å². The normalized spacial score (nSPS) is 10.3. The summed E-state index contributed by atoms with van der Waals surface area (Å²) in [7, 11) is 0. The number of carbonyl (C=O) groups is 1. The van der Waals surface area contributed by atoms with E-state index >= 15 is 0 Å². The highest BCUT2D eigenvalue weighted by atomic mass is 35.5. The third-order valence-electron chi connectivity index (χ3n) is 1.63. The molecule has 0 aliphatic carbocycles. The molecule has 1 rings (SSSR count). The molecule has 1 aromatic rings. The van der Waals surface area contributed by atoms with Crippen LogP contribution in [0.3, 0.4) is 0 Å². The molecule has 3 nitrogen and oxygen atoms in total. The number of hydrogen-bond acceptors (Lipinski definition) is 2. The number of amides is 1. The second-order valence-corrected chi connectivity index (χ2v) is 3.90. The molecule has 0 aliphatic rings. The van der Waals surface area contributed by atoms with Crippen molar-refractivity contribution in [2.45, 2.75) is 13.8 Å². The molecule has 0 aliphatic heterocycles. The van der Waals surface area contributed by atoms with Gasteiger partial charge in [0.15, 0.2) is 0 Å². The van der Waals surface area contributed by atoms with Crippen LogP contribution in [0.1, 0.15) is 24.3 Å². The van der Waals surface area contributed by atoms with Crippen molar-refractivity contribution in [2.24, 2.45) is 5.92 Å². The van der Waals surface area contributed by atoms with E-state index < -0.39 is 0 Å². The molecule has 76 valence electrons. The Morgan fingerprint density at radius 3 is 2.79 bits per heavy atom. The zero-order valence-corrected chi connectivity index (χ0v) is 9.01. The molecule has 0 radical (unpaired) electrons. The van der Waals surface area contributed by atoms with E-state index in [9.17, 15) is 4.79 Å². The van der Waals surface area contributed by atoms with Gasteiger partial charge in [0.2, 0.25) is 0 Å². The fourth-order valence-electron chi connectivity index (χ4n) is 0.898. The highest BCUT2D eigenvalue weighted by Gasteiger charge is 2.06. The van der Waals surface area contributed by atoms with Gasteiger partial charge < -0.3 is 5.32 Å². The van der Waals surface area contributed by atoms with Gasteiger partial charge in [-0.2, -0.15) is 0 Å². The quantitative estimate of drug-likeness (QED) is 0.834. The molecule has 0 aromatic carbocycles. The Kier molecular flexibility index (Phi) is 3.89. The SMILES string of the molecule is CC(C)CNC(=O)c1ccc(Cl)cn1. The molecule has 1 amide bonds. The number of nitrogens with one attached hydrogen (secondary N) is 1. The van der Waals surface area contributed by atoms with E-state index in [0.29, 0.717) is 23.2 Å². The average Bonchev–Trinajstić information content (AvgIpc) is 2.15. The van der Waals surface area contributed by atoms with Gasteiger partial charge in [-0.15, -0.1) is 0 Å². The fourth-order valence-corrected chi connectivity index (χ4v) is 1.01. The smallest absolute Gasteiger partial charge is 0.269 e. The molecule has 14 heavy (non-hydrogen) atoms. The maximum Gasteiger partial charge on any atom is 0.269 e. The molecule has 0 bridgehead atoms. The maximum absolute atomic E-state index is 11.4. The Hall–Kier alpha value is -1.09. The lowest BCUT2D eigenvalue weighted by atomic mass is 10.2. The van der Waals surface area contributed by atoms with Crippen LogP contribution in [0.2, 0.25) is 5.02 Å². The molecule has 0 atom stereocenters. The van der Waals surface area contributed by atoms with Gasteiger partial charge in [-0.25, -0.2) is 4.98 Å². The molecular weight excluding hydrogens is 200 g/mol. The van der Waals surface area contributed by atoms with E-state index in [4.69, 9.17) is 11.6 Å². The van der Waals surface area contributed by atoms with E-state index in [0.717, 1.165) is 0 Å². The number of halogens is 1. The van der Waals surface area contributed by atoms with Crippen LogP contribution in [0, 0.1) is 5.92 Å². The molecular formula is C10H13ClN2O. The van der Waals surface area contributed by atoms with Crippen molar-refractivity contribution in [1.29, 1.82) is 0 Å². The Bertz CT molecular complexity index is 308. The molecule has 0 saturated carbocycles. The summed E-state index contributed by atoms with van der Waals surface area (Å²) in [5.41, 5.74) is 0.398. The number of pyridine rings is 1. The number of rotatable bonds is 3. The van der Waals surface area contributed by atoms with Crippen LogP contribution >= 0.6 is 11.6 Å². The number of nitrogens with zero attached hydrogens (tertiary/aromatic N) is 1. The molecule has 4 heteroatoms. The zero-order chi connectivity index (χ0) is 10.6. The predicted molar refractivity (Wildman–Crippen MR) is 56.4 cm³/mol. The number of hydrogen-bond donors (Lipinski definition) is 1. The third-order valence-corrected chi connectivity index (χ3v) is 1.85. The summed E-state index contributed by atoms with van der Waals surface area (Å²) in [5.74, 6) is 0.279. The molecule has 1 N–H and O–H groups in total. The average molecular weight is 213 g/mol. The lowest BCUT2D eigenvalue weighted by Crippen LogP contribution is -2.27. The van der Waals surface area contributed by atoms with Crippen LogP contribution in [-0.4, -0.2) is 17.4 Å². The van der Waals surface area contributed by atoms with Crippen molar-refractivity contribution in [3.63, 3.8) is 0 Å². The summed E-state index contributed by atoms with van der Waals surface area (Å²) in [6.45, 7) is 4.73. The monoisotopic (exact) mass is 212 g/mol. The first-order valence-corrected chi connectivity index (χ1v) is 4.87. The van der Waals surface area contributed by atoms with Crippen molar-refractivity contribution in [2.75, 3.05) is 6.54 Å². The minimum Gasteiger partial charge on any atom is -0.350 e. The van der Waals surface area contributed by atoms with Crippen molar-refractivity contribution in [1.82, 2.24) is 10.3 Å². The molecule has 0 unspecified atom stereocenters. The van der Waals surface area contributed by atoms with Crippen molar-refractivity contribution in [3.05, 3.63) is 29.0 Å². The van der Waals surface area contributed by atoms with Crippen LogP contribution in [0.4, 0.5) is 0 Å². The Morgan fingerprint density at radius 1 is 1.57 bits per heavy atom. The molecule has 1 heterocycles. The van der Waals surface area contributed by atoms with Crippen LogP contribution in [0.15, 0.2) is 18.3 Å². The van der Waals surface area contributed by atoms with Gasteiger partial charge in [-0.1, -0.05) is 25.4 Å². The van der Waals surface area contributed by atoms with Gasteiger partial charge in [-0.05, 0) is 18.1 Å². The number of carbonyl (C=O) groups excluding carboxylic acids is 1. The maximum atomic E-state index is 11.4. The van der Waals surface area contributed by atoms with Gasteiger partial charge in [0.05, 0.1) is 5.02 Å². The molecule has 0 spiro atoms. The zero-order valence-electron chi connectivity index (χ0n) is 8.25. The van der Waals surface area contributed by atoms with Gasteiger partial charge in [0.1, 0.15) is 5.69 Å². The highest BCUT2D eigenvalue weighted by Crippen LogP contribution is 2.05. The second kappa shape index (κ2) is 4.96. The van der Waals surface area contributed by atoms with Crippen LogP contribution in [-0.2, 0) is 0 Å². The summed E-state index contributed by atoms with van der Waals surface area (Å²) in [5, 5.41) is 3.31. The summed E-state index contributed by atoms with van der Waals surface area (Å²) >= 11 is 5.65. The van der Waals surface area contributed by atoms with E-state index in [2.05, 4.69) is 10.3 Å². The summed E-state index contributed by atoms with van der Waals surface area (Å²) < 4.78 is 0. The van der Waals surface area contributed by atoms with Gasteiger partial charge in [-0.3, -0.25) is 4.79 Å². The lowest BCUT2D eigenvalue weighted by molar-refractivity contribution is 0.0944. The van der Waals surface area contributed by atoms with Gasteiger partial charge >= 0.3 is 0 Å². The van der Waals surface area contributed by atoms with E-state index in [-0.39, 0.29) is 5.91 Å². The third kappa shape index (κ3) is 3.34. The first kappa shape index (κ1) is 11.0. The van der Waals surface area contributed by atoms with Crippen LogP contribution in [0.25, 0.3) is 0 Å². The van der Waals surface area contributed by atoms with Crippen LogP contribution in [0.5, 0.6) is 0 Å². The Morgan fingerprint density at radius 2 is 2.29 bits per heavy atom. The van der Waals surface area contributed by atoms with Gasteiger partial charge in [0.25, 0.3) is 5.91 Å². The topological polar surface area (TPSA) is 42.0 Å². The lowest BCUT2D eigenvalue weighted by Gasteiger charge is -2.06. The predicted octanol–water partition coefficient (Wildman–Crippen LogP) is 2.12. The minimum absolute atomic E-state index is 0.157. The second-order valence-electron chi connectivity index (χ2n) is 3.47. The van der Waals surface area contributed by atoms with Crippen molar-refractivity contribution in [3.8, 4) is 0 Å². The standard InChI is InChI=1S/C10H13ClN2O/c1-7(2)5-13-10(14)9-4-3-8(11)6-12-9/h3-4,6-7H,5H2,1-2H3,(H,13,14). The molecule has 0 saturated heterocycles. The van der Waals surface area contributed by atoms with Crippen molar-refractivity contribution < 1.29 is 4.79 Å². The first-order chi connectivity index (χ1) is 6.59. The summed E-state index contributed by atoms with van der Waals surface area (Å²) in [6.07, 6.45) is 1.46. The number of aromatic nitrogens is 1. The minimum atomic E-state index is -0.157. The van der Waals surface area contributed by atoms with Gasteiger partial charge in [0, 0.05) is 12.7 Å². The van der Waals surface area contributed by atoms with E-state index in [1.165, 1.54) is 6.20 Å². The summed E-state index contributed by atoms with van der Waals surface area (Å²) in [4.78, 5) is 15.4. The van der Waals surface area contributed by atoms with E-state index in [1.807, 2.05) is 13.8 Å². The Labute approximate surface area is 88.5 Å².